The van der Waals surface area contributed by atoms with Crippen molar-refractivity contribution in [1.29, 1.82) is 0 Å². The van der Waals surface area contributed by atoms with Crippen molar-refractivity contribution >= 4 is 38.5 Å². The molecule has 2 amide bonds. The van der Waals surface area contributed by atoms with Crippen LogP contribution in [-0.4, -0.2) is 36.4 Å². The van der Waals surface area contributed by atoms with Gasteiger partial charge in [-0.3, -0.25) is 9.59 Å². The number of rotatable bonds is 8. The molecule has 134 valence electrons. The molecule has 7 heteroatoms. The van der Waals surface area contributed by atoms with Crippen LogP contribution in [0.2, 0.25) is 0 Å². The maximum atomic E-state index is 11.8. The molecule has 0 unspecified atom stereocenters. The highest BCUT2D eigenvalue weighted by molar-refractivity contribution is 7.22. The summed E-state index contributed by atoms with van der Waals surface area (Å²) in [6.07, 6.45) is 0.271. The van der Waals surface area contributed by atoms with Crippen molar-refractivity contribution in [1.82, 2.24) is 15.6 Å². The summed E-state index contributed by atoms with van der Waals surface area (Å²) in [5.74, 6) is -0.378. The molecule has 3 N–H and O–H groups in total. The first-order valence-corrected chi connectivity index (χ1v) is 9.19. The summed E-state index contributed by atoms with van der Waals surface area (Å²) in [6, 6.07) is 17.4. The van der Waals surface area contributed by atoms with Crippen LogP contribution in [-0.2, 0) is 16.0 Å². The SMILES string of the molecule is O=C(CNC(=O)Cc1ccccc1)NCCNc1nc2ccccc2s1. The normalized spacial score (nSPS) is 10.5. The average Bonchev–Trinajstić information content (AvgIpc) is 3.07. The Hall–Kier alpha value is -2.93. The van der Waals surface area contributed by atoms with Crippen molar-refractivity contribution in [2.24, 2.45) is 0 Å². The van der Waals surface area contributed by atoms with Gasteiger partial charge in [-0.2, -0.15) is 0 Å². The molecule has 0 bridgehead atoms. The molecule has 0 aliphatic rings. The smallest absolute Gasteiger partial charge is 0.239 e. The number of nitrogens with one attached hydrogen (secondary N) is 3. The lowest BCUT2D eigenvalue weighted by Gasteiger charge is -2.07. The van der Waals surface area contributed by atoms with Gasteiger partial charge < -0.3 is 16.0 Å². The second-order valence-corrected chi connectivity index (χ2v) is 6.73. The molecule has 6 nitrogen and oxygen atoms in total. The molecule has 0 radical (unpaired) electrons. The zero-order chi connectivity index (χ0) is 18.2. The molecule has 0 saturated heterocycles. The summed E-state index contributed by atoms with van der Waals surface area (Å²) in [4.78, 5) is 28.1. The molecule has 2 aromatic carbocycles. The van der Waals surface area contributed by atoms with Crippen LogP contribution in [0.4, 0.5) is 5.13 Å². The van der Waals surface area contributed by atoms with Crippen molar-refractivity contribution in [3.8, 4) is 0 Å². The van der Waals surface area contributed by atoms with Gasteiger partial charge in [-0.1, -0.05) is 53.8 Å². The highest BCUT2D eigenvalue weighted by atomic mass is 32.1. The second kappa shape index (κ2) is 8.96. The van der Waals surface area contributed by atoms with Gasteiger partial charge in [0.1, 0.15) is 0 Å². The number of hydrogen-bond donors (Lipinski definition) is 3. The van der Waals surface area contributed by atoms with E-state index in [1.54, 1.807) is 11.3 Å². The summed E-state index contributed by atoms with van der Waals surface area (Å²) in [5, 5.41) is 9.41. The summed E-state index contributed by atoms with van der Waals surface area (Å²) in [5.41, 5.74) is 1.88. The Kier molecular flexibility index (Phi) is 6.16. The zero-order valence-electron chi connectivity index (χ0n) is 14.2. The minimum Gasteiger partial charge on any atom is -0.360 e. The minimum atomic E-state index is -0.211. The van der Waals surface area contributed by atoms with E-state index in [9.17, 15) is 9.59 Å². The molecule has 1 heterocycles. The van der Waals surface area contributed by atoms with Crippen LogP contribution in [0.15, 0.2) is 54.6 Å². The van der Waals surface area contributed by atoms with Crippen molar-refractivity contribution in [2.75, 3.05) is 25.0 Å². The van der Waals surface area contributed by atoms with Crippen molar-refractivity contribution < 1.29 is 9.59 Å². The van der Waals surface area contributed by atoms with Crippen LogP contribution >= 0.6 is 11.3 Å². The van der Waals surface area contributed by atoms with Crippen molar-refractivity contribution in [3.05, 3.63) is 60.2 Å². The third-order valence-corrected chi connectivity index (χ3v) is 4.67. The minimum absolute atomic E-state index is 0.0210. The molecule has 26 heavy (non-hydrogen) atoms. The van der Waals surface area contributed by atoms with E-state index in [4.69, 9.17) is 0 Å². The molecule has 0 fully saturated rings. The van der Waals surface area contributed by atoms with Gasteiger partial charge in [0.2, 0.25) is 11.8 Å². The standard InChI is InChI=1S/C19H20N4O2S/c24-17(12-14-6-2-1-3-7-14)22-13-18(25)20-10-11-21-19-23-15-8-4-5-9-16(15)26-19/h1-9H,10-13H2,(H,20,25)(H,21,23)(H,22,24). The van der Waals surface area contributed by atoms with Crippen LogP contribution in [0.3, 0.4) is 0 Å². The van der Waals surface area contributed by atoms with Crippen LogP contribution < -0.4 is 16.0 Å². The van der Waals surface area contributed by atoms with Crippen LogP contribution in [0.5, 0.6) is 0 Å². The van der Waals surface area contributed by atoms with E-state index in [1.807, 2.05) is 54.6 Å². The number of amides is 2. The molecule has 1 aromatic heterocycles. The number of anilines is 1. The number of nitrogens with zero attached hydrogens (tertiary/aromatic N) is 1. The lowest BCUT2D eigenvalue weighted by Crippen LogP contribution is -2.39. The van der Waals surface area contributed by atoms with E-state index in [1.165, 1.54) is 0 Å². The number of hydrogen-bond acceptors (Lipinski definition) is 5. The molecule has 0 aliphatic carbocycles. The highest BCUT2D eigenvalue weighted by Gasteiger charge is 2.06. The topological polar surface area (TPSA) is 83.1 Å². The molecule has 0 aliphatic heterocycles. The largest absolute Gasteiger partial charge is 0.360 e. The average molecular weight is 368 g/mol. The van der Waals surface area contributed by atoms with Gasteiger partial charge in [0, 0.05) is 13.1 Å². The molecular weight excluding hydrogens is 348 g/mol. The maximum absolute atomic E-state index is 11.8. The summed E-state index contributed by atoms with van der Waals surface area (Å²) in [6.45, 7) is 1.01. The van der Waals surface area contributed by atoms with E-state index in [-0.39, 0.29) is 24.8 Å². The van der Waals surface area contributed by atoms with Gasteiger partial charge in [-0.05, 0) is 17.7 Å². The third-order valence-electron chi connectivity index (χ3n) is 3.67. The molecule has 3 rings (SSSR count). The molecule has 0 saturated carbocycles. The van der Waals surface area contributed by atoms with E-state index in [2.05, 4.69) is 20.9 Å². The molecule has 0 spiro atoms. The Morgan fingerprint density at radius 3 is 2.46 bits per heavy atom. The fourth-order valence-corrected chi connectivity index (χ4v) is 3.30. The van der Waals surface area contributed by atoms with Gasteiger partial charge in [-0.15, -0.1) is 0 Å². The molecule has 0 atom stereocenters. The molecular formula is C19H20N4O2S. The van der Waals surface area contributed by atoms with Gasteiger partial charge in [0.15, 0.2) is 5.13 Å². The summed E-state index contributed by atoms with van der Waals surface area (Å²) in [7, 11) is 0. The fraction of sp³-hybridized carbons (Fsp3) is 0.211. The number of thiazole rings is 1. The van der Waals surface area contributed by atoms with E-state index >= 15 is 0 Å². The van der Waals surface area contributed by atoms with Gasteiger partial charge in [0.25, 0.3) is 0 Å². The van der Waals surface area contributed by atoms with Gasteiger partial charge in [0.05, 0.1) is 23.2 Å². The number of benzene rings is 2. The quantitative estimate of drug-likeness (QED) is 0.532. The Morgan fingerprint density at radius 1 is 0.885 bits per heavy atom. The highest BCUT2D eigenvalue weighted by Crippen LogP contribution is 2.24. The number of carbonyl (C=O) groups excluding carboxylic acids is 2. The Morgan fingerprint density at radius 2 is 1.65 bits per heavy atom. The van der Waals surface area contributed by atoms with E-state index in [0.29, 0.717) is 13.1 Å². The monoisotopic (exact) mass is 368 g/mol. The maximum Gasteiger partial charge on any atom is 0.239 e. The van der Waals surface area contributed by atoms with Crippen LogP contribution in [0, 0.1) is 0 Å². The van der Waals surface area contributed by atoms with Gasteiger partial charge in [-0.25, -0.2) is 4.98 Å². The summed E-state index contributed by atoms with van der Waals surface area (Å²) < 4.78 is 1.13. The Labute approximate surface area is 155 Å². The molecule has 3 aromatic rings. The number of carbonyl (C=O) groups is 2. The summed E-state index contributed by atoms with van der Waals surface area (Å²) >= 11 is 1.58. The van der Waals surface area contributed by atoms with Crippen molar-refractivity contribution in [3.63, 3.8) is 0 Å². The number of fused-ring (bicyclic) bond motifs is 1. The second-order valence-electron chi connectivity index (χ2n) is 5.70. The third kappa shape index (κ3) is 5.29. The van der Waals surface area contributed by atoms with E-state index < -0.39 is 0 Å². The van der Waals surface area contributed by atoms with Crippen LogP contribution in [0.25, 0.3) is 10.2 Å². The zero-order valence-corrected chi connectivity index (χ0v) is 15.0. The van der Waals surface area contributed by atoms with E-state index in [0.717, 1.165) is 20.9 Å². The fourth-order valence-electron chi connectivity index (χ4n) is 2.40. The van der Waals surface area contributed by atoms with Crippen molar-refractivity contribution in [2.45, 2.75) is 6.42 Å². The predicted octanol–water partition coefficient (Wildman–Crippen LogP) is 2.18. The first-order chi connectivity index (χ1) is 12.7. The van der Waals surface area contributed by atoms with Crippen LogP contribution in [0.1, 0.15) is 5.56 Å². The number of para-hydroxylation sites is 1. The predicted molar refractivity (Wildman–Crippen MR) is 104 cm³/mol. The lowest BCUT2D eigenvalue weighted by atomic mass is 10.1. The number of aromatic nitrogens is 1. The Balaban J connectivity index is 1.32. The first kappa shape index (κ1) is 17.9. The Bertz CT molecular complexity index is 846. The van der Waals surface area contributed by atoms with Gasteiger partial charge >= 0.3 is 0 Å². The lowest BCUT2D eigenvalue weighted by molar-refractivity contribution is -0.125. The first-order valence-electron chi connectivity index (χ1n) is 8.37.